The van der Waals surface area contributed by atoms with E-state index in [1.165, 1.54) is 0 Å². The van der Waals surface area contributed by atoms with Crippen LogP contribution in [0.15, 0.2) is 12.7 Å². The molecule has 0 saturated carbocycles. The number of aliphatic hydroxyl groups excluding tert-OH is 1. The summed E-state index contributed by atoms with van der Waals surface area (Å²) in [4.78, 5) is 0. The topological polar surface area (TPSA) is 29.5 Å². The highest BCUT2D eigenvalue weighted by Crippen LogP contribution is 2.24. The summed E-state index contributed by atoms with van der Waals surface area (Å²) in [5.41, 5.74) is 0. The van der Waals surface area contributed by atoms with Gasteiger partial charge in [0.25, 0.3) is 0 Å². The fourth-order valence-electron chi connectivity index (χ4n) is 1.35. The summed E-state index contributed by atoms with van der Waals surface area (Å²) in [5.74, 6) is 0.288. The Kier molecular flexibility index (Phi) is 3.09. The van der Waals surface area contributed by atoms with Crippen LogP contribution in [0.25, 0.3) is 0 Å². The Labute approximate surface area is 67.9 Å². The van der Waals surface area contributed by atoms with Crippen LogP contribution in [0.3, 0.4) is 0 Å². The highest BCUT2D eigenvalue weighted by atomic mass is 16.6. The third-order valence-corrected chi connectivity index (χ3v) is 2.19. The molecule has 0 amide bonds. The average Bonchev–Trinajstić information content (AvgIpc) is 1.98. The van der Waals surface area contributed by atoms with Gasteiger partial charge in [-0.1, -0.05) is 13.0 Å². The van der Waals surface area contributed by atoms with Crippen LogP contribution in [0.1, 0.15) is 26.2 Å². The molecule has 0 aliphatic carbocycles. The molecule has 2 nitrogen and oxygen atoms in total. The van der Waals surface area contributed by atoms with Crippen LogP contribution < -0.4 is 0 Å². The molecule has 1 aliphatic heterocycles. The molecule has 3 atom stereocenters. The second-order valence-corrected chi connectivity index (χ2v) is 3.23. The minimum atomic E-state index is -0.561. The molecular formula is C9H16O2. The number of hydrogen-bond donors (Lipinski definition) is 1. The highest BCUT2D eigenvalue weighted by molar-refractivity contribution is 4.77. The van der Waals surface area contributed by atoms with Crippen molar-refractivity contribution in [3.05, 3.63) is 12.7 Å². The third-order valence-electron chi connectivity index (χ3n) is 2.19. The Morgan fingerprint density at radius 1 is 1.64 bits per heavy atom. The van der Waals surface area contributed by atoms with Crippen molar-refractivity contribution >= 4 is 0 Å². The molecule has 1 heterocycles. The molecule has 1 saturated heterocycles. The lowest BCUT2D eigenvalue weighted by Crippen LogP contribution is -2.33. The molecule has 64 valence electrons. The monoisotopic (exact) mass is 156 g/mol. The van der Waals surface area contributed by atoms with Gasteiger partial charge in [-0.25, -0.2) is 0 Å². The Bertz CT molecular complexity index is 134. The van der Waals surface area contributed by atoms with Crippen LogP contribution in [-0.4, -0.2) is 17.5 Å². The first-order chi connectivity index (χ1) is 5.24. The summed E-state index contributed by atoms with van der Waals surface area (Å²) in [6, 6.07) is 0. The van der Waals surface area contributed by atoms with E-state index in [1.807, 2.05) is 13.0 Å². The Morgan fingerprint density at radius 2 is 2.36 bits per heavy atom. The summed E-state index contributed by atoms with van der Waals surface area (Å²) in [5, 5.41) is 9.32. The van der Waals surface area contributed by atoms with Crippen molar-refractivity contribution in [2.75, 3.05) is 0 Å². The van der Waals surface area contributed by atoms with E-state index >= 15 is 0 Å². The summed E-state index contributed by atoms with van der Waals surface area (Å²) in [6.07, 6.45) is 4.42. The molecule has 0 radical (unpaired) electrons. The van der Waals surface area contributed by atoms with Crippen LogP contribution in [0.2, 0.25) is 0 Å². The molecule has 1 rings (SSSR count). The molecule has 1 fully saturated rings. The van der Waals surface area contributed by atoms with Crippen molar-refractivity contribution in [1.82, 2.24) is 0 Å². The van der Waals surface area contributed by atoms with Gasteiger partial charge < -0.3 is 9.84 Å². The summed E-state index contributed by atoms with van der Waals surface area (Å²) in [6.45, 7) is 5.65. The maximum absolute atomic E-state index is 9.32. The molecule has 1 aliphatic rings. The van der Waals surface area contributed by atoms with Crippen molar-refractivity contribution in [3.8, 4) is 0 Å². The predicted molar refractivity (Wildman–Crippen MR) is 44.1 cm³/mol. The zero-order chi connectivity index (χ0) is 8.27. The number of hydrogen-bond acceptors (Lipinski definition) is 2. The van der Waals surface area contributed by atoms with Crippen molar-refractivity contribution in [2.45, 2.75) is 38.6 Å². The van der Waals surface area contributed by atoms with E-state index in [1.54, 1.807) is 0 Å². The average molecular weight is 156 g/mol. The predicted octanol–water partition coefficient (Wildman–Crippen LogP) is 1.70. The van der Waals surface area contributed by atoms with Crippen molar-refractivity contribution in [2.24, 2.45) is 5.92 Å². The number of rotatable bonds is 2. The van der Waals surface area contributed by atoms with Crippen molar-refractivity contribution in [1.29, 1.82) is 0 Å². The van der Waals surface area contributed by atoms with Gasteiger partial charge in [0.05, 0.1) is 6.10 Å². The molecule has 0 bridgehead atoms. The maximum atomic E-state index is 9.32. The molecule has 0 aromatic carbocycles. The molecule has 2 heteroatoms. The van der Waals surface area contributed by atoms with E-state index in [9.17, 15) is 5.11 Å². The second kappa shape index (κ2) is 3.88. The zero-order valence-electron chi connectivity index (χ0n) is 6.99. The Morgan fingerprint density at radius 3 is 2.91 bits per heavy atom. The largest absolute Gasteiger partial charge is 0.368 e. The summed E-state index contributed by atoms with van der Waals surface area (Å²) >= 11 is 0. The third kappa shape index (κ3) is 2.31. The van der Waals surface area contributed by atoms with Crippen LogP contribution in [-0.2, 0) is 4.74 Å². The van der Waals surface area contributed by atoms with Gasteiger partial charge in [-0.2, -0.15) is 0 Å². The van der Waals surface area contributed by atoms with E-state index in [0.717, 1.165) is 19.3 Å². The van der Waals surface area contributed by atoms with E-state index in [4.69, 9.17) is 4.74 Å². The van der Waals surface area contributed by atoms with Crippen LogP contribution >= 0.6 is 0 Å². The lowest BCUT2D eigenvalue weighted by molar-refractivity contribution is -0.188. The Hall–Kier alpha value is -0.340. The SMILES string of the molecule is C=CCC1CCC(C)C(O)O1. The normalized spacial score (nSPS) is 38.5. The van der Waals surface area contributed by atoms with Gasteiger partial charge in [0.2, 0.25) is 0 Å². The van der Waals surface area contributed by atoms with Gasteiger partial charge >= 0.3 is 0 Å². The van der Waals surface area contributed by atoms with Gasteiger partial charge in [0, 0.05) is 5.92 Å². The van der Waals surface area contributed by atoms with Gasteiger partial charge in [-0.3, -0.25) is 0 Å². The molecular weight excluding hydrogens is 140 g/mol. The standard InChI is InChI=1S/C9H16O2/c1-3-4-8-6-5-7(2)9(10)11-8/h3,7-10H,1,4-6H2,2H3. The highest BCUT2D eigenvalue weighted by Gasteiger charge is 2.25. The van der Waals surface area contributed by atoms with Crippen LogP contribution in [0, 0.1) is 5.92 Å². The van der Waals surface area contributed by atoms with Gasteiger partial charge in [0.1, 0.15) is 0 Å². The van der Waals surface area contributed by atoms with Crippen LogP contribution in [0.4, 0.5) is 0 Å². The van der Waals surface area contributed by atoms with Crippen LogP contribution in [0.5, 0.6) is 0 Å². The van der Waals surface area contributed by atoms with E-state index < -0.39 is 6.29 Å². The fourth-order valence-corrected chi connectivity index (χ4v) is 1.35. The van der Waals surface area contributed by atoms with Gasteiger partial charge in [-0.05, 0) is 19.3 Å². The number of aliphatic hydroxyl groups is 1. The van der Waals surface area contributed by atoms with Gasteiger partial charge in [-0.15, -0.1) is 6.58 Å². The maximum Gasteiger partial charge on any atom is 0.157 e. The van der Waals surface area contributed by atoms with Crippen molar-refractivity contribution in [3.63, 3.8) is 0 Å². The molecule has 1 N–H and O–H groups in total. The lowest BCUT2D eigenvalue weighted by atomic mass is 9.97. The van der Waals surface area contributed by atoms with Crippen molar-refractivity contribution < 1.29 is 9.84 Å². The summed E-state index contributed by atoms with van der Waals surface area (Å²) in [7, 11) is 0. The first-order valence-electron chi connectivity index (χ1n) is 4.18. The molecule has 0 spiro atoms. The van der Waals surface area contributed by atoms with E-state index in [0.29, 0.717) is 0 Å². The molecule has 11 heavy (non-hydrogen) atoms. The second-order valence-electron chi connectivity index (χ2n) is 3.23. The molecule has 0 aromatic heterocycles. The molecule has 3 unspecified atom stereocenters. The minimum Gasteiger partial charge on any atom is -0.368 e. The quantitative estimate of drug-likeness (QED) is 0.616. The van der Waals surface area contributed by atoms with Gasteiger partial charge in [0.15, 0.2) is 6.29 Å². The van der Waals surface area contributed by atoms with E-state index in [-0.39, 0.29) is 12.0 Å². The fraction of sp³-hybridized carbons (Fsp3) is 0.778. The summed E-state index contributed by atoms with van der Waals surface area (Å²) < 4.78 is 5.32. The number of ether oxygens (including phenoxy) is 1. The smallest absolute Gasteiger partial charge is 0.157 e. The Balaban J connectivity index is 2.33. The zero-order valence-corrected chi connectivity index (χ0v) is 6.99. The minimum absolute atomic E-state index is 0.193. The first-order valence-corrected chi connectivity index (χ1v) is 4.18. The molecule has 0 aromatic rings. The van der Waals surface area contributed by atoms with E-state index in [2.05, 4.69) is 6.58 Å². The first kappa shape index (κ1) is 8.75. The lowest BCUT2D eigenvalue weighted by Gasteiger charge is -2.30.